The molecule has 0 aromatic heterocycles. The van der Waals surface area contributed by atoms with E-state index in [9.17, 15) is 9.59 Å². The SMILES string of the molecule is CC(CCN)C(=O)NC(CCO)C(=O)O. The van der Waals surface area contributed by atoms with Crippen LogP contribution in [0.3, 0.4) is 0 Å². The van der Waals surface area contributed by atoms with E-state index in [0.29, 0.717) is 13.0 Å². The number of amides is 1. The Balaban J connectivity index is 4.15. The molecule has 2 atom stereocenters. The number of hydrogen-bond acceptors (Lipinski definition) is 4. The number of aliphatic carboxylic acids is 1. The van der Waals surface area contributed by atoms with Gasteiger partial charge in [0.1, 0.15) is 6.04 Å². The molecule has 0 bridgehead atoms. The molecule has 0 radical (unpaired) electrons. The van der Waals surface area contributed by atoms with Crippen molar-refractivity contribution in [1.82, 2.24) is 5.32 Å². The summed E-state index contributed by atoms with van der Waals surface area (Å²) < 4.78 is 0. The summed E-state index contributed by atoms with van der Waals surface area (Å²) in [6.45, 7) is 1.79. The molecule has 0 aliphatic rings. The summed E-state index contributed by atoms with van der Waals surface area (Å²) >= 11 is 0. The fourth-order valence-corrected chi connectivity index (χ4v) is 1.08. The summed E-state index contributed by atoms with van der Waals surface area (Å²) in [5.41, 5.74) is 5.28. The minimum atomic E-state index is -1.14. The van der Waals surface area contributed by atoms with E-state index in [1.807, 2.05) is 0 Å². The summed E-state index contributed by atoms with van der Waals surface area (Å²) in [6, 6.07) is -1.03. The topological polar surface area (TPSA) is 113 Å². The van der Waals surface area contributed by atoms with E-state index < -0.39 is 12.0 Å². The van der Waals surface area contributed by atoms with Crippen molar-refractivity contribution in [3.63, 3.8) is 0 Å². The van der Waals surface area contributed by atoms with Crippen LogP contribution in [-0.4, -0.2) is 41.3 Å². The Labute approximate surface area is 88.5 Å². The lowest BCUT2D eigenvalue weighted by molar-refractivity contribution is -0.142. The molecule has 88 valence electrons. The second-order valence-electron chi connectivity index (χ2n) is 3.39. The molecule has 0 aliphatic carbocycles. The second-order valence-corrected chi connectivity index (χ2v) is 3.39. The number of nitrogens with one attached hydrogen (secondary N) is 1. The maximum Gasteiger partial charge on any atom is 0.326 e. The van der Waals surface area contributed by atoms with Crippen molar-refractivity contribution in [1.29, 1.82) is 0 Å². The number of nitrogens with two attached hydrogens (primary N) is 1. The van der Waals surface area contributed by atoms with Crippen LogP contribution in [0, 0.1) is 5.92 Å². The minimum Gasteiger partial charge on any atom is -0.480 e. The lowest BCUT2D eigenvalue weighted by Gasteiger charge is -2.16. The molecule has 0 aromatic rings. The third-order valence-electron chi connectivity index (χ3n) is 2.08. The molecule has 0 spiro atoms. The first-order valence-corrected chi connectivity index (χ1v) is 4.87. The summed E-state index contributed by atoms with van der Waals surface area (Å²) in [5.74, 6) is -1.80. The Bertz CT molecular complexity index is 220. The van der Waals surface area contributed by atoms with E-state index in [-0.39, 0.29) is 24.9 Å². The third-order valence-corrected chi connectivity index (χ3v) is 2.08. The molecular weight excluding hydrogens is 200 g/mol. The molecule has 0 rings (SSSR count). The fraction of sp³-hybridized carbons (Fsp3) is 0.778. The molecule has 6 heteroatoms. The number of hydrogen-bond donors (Lipinski definition) is 4. The molecule has 0 heterocycles. The lowest BCUT2D eigenvalue weighted by Crippen LogP contribution is -2.43. The van der Waals surface area contributed by atoms with Crippen LogP contribution in [0.5, 0.6) is 0 Å². The van der Waals surface area contributed by atoms with Gasteiger partial charge in [-0.1, -0.05) is 6.92 Å². The second kappa shape index (κ2) is 7.19. The number of carbonyl (C=O) groups excluding carboxylic acids is 1. The van der Waals surface area contributed by atoms with Gasteiger partial charge in [-0.3, -0.25) is 4.79 Å². The molecule has 0 aromatic carbocycles. The molecule has 0 fully saturated rings. The summed E-state index contributed by atoms with van der Waals surface area (Å²) in [6.07, 6.45) is 0.522. The van der Waals surface area contributed by atoms with Crippen LogP contribution in [-0.2, 0) is 9.59 Å². The van der Waals surface area contributed by atoms with Crippen LogP contribution in [0.15, 0.2) is 0 Å². The quantitative estimate of drug-likeness (QED) is 0.434. The average Bonchev–Trinajstić information content (AvgIpc) is 2.17. The molecule has 0 saturated heterocycles. The van der Waals surface area contributed by atoms with Gasteiger partial charge in [0.25, 0.3) is 0 Å². The summed E-state index contributed by atoms with van der Waals surface area (Å²) in [4.78, 5) is 22.1. The molecule has 15 heavy (non-hydrogen) atoms. The molecular formula is C9H18N2O4. The van der Waals surface area contributed by atoms with Crippen molar-refractivity contribution in [2.75, 3.05) is 13.2 Å². The number of carboxylic acid groups (broad SMARTS) is 1. The summed E-state index contributed by atoms with van der Waals surface area (Å²) in [5, 5.41) is 19.7. The van der Waals surface area contributed by atoms with Crippen LogP contribution in [0.25, 0.3) is 0 Å². The van der Waals surface area contributed by atoms with Gasteiger partial charge in [0.15, 0.2) is 0 Å². The van der Waals surface area contributed by atoms with Gasteiger partial charge < -0.3 is 21.3 Å². The first-order chi connectivity index (χ1) is 7.02. The van der Waals surface area contributed by atoms with Gasteiger partial charge in [0.2, 0.25) is 5.91 Å². The highest BCUT2D eigenvalue weighted by atomic mass is 16.4. The van der Waals surface area contributed by atoms with Crippen molar-refractivity contribution in [2.24, 2.45) is 11.7 Å². The van der Waals surface area contributed by atoms with Gasteiger partial charge in [-0.2, -0.15) is 0 Å². The first-order valence-electron chi connectivity index (χ1n) is 4.87. The van der Waals surface area contributed by atoms with E-state index >= 15 is 0 Å². The maximum atomic E-state index is 11.4. The largest absolute Gasteiger partial charge is 0.480 e. The van der Waals surface area contributed by atoms with Crippen molar-refractivity contribution < 1.29 is 19.8 Å². The number of carboxylic acids is 1. The van der Waals surface area contributed by atoms with Crippen molar-refractivity contribution in [2.45, 2.75) is 25.8 Å². The van der Waals surface area contributed by atoms with Gasteiger partial charge >= 0.3 is 5.97 Å². The Kier molecular flexibility index (Phi) is 6.64. The normalized spacial score (nSPS) is 14.3. The Morgan fingerprint density at radius 3 is 2.40 bits per heavy atom. The minimum absolute atomic E-state index is 0.0103. The van der Waals surface area contributed by atoms with Crippen LogP contribution >= 0.6 is 0 Å². The molecule has 6 nitrogen and oxygen atoms in total. The number of rotatable bonds is 7. The predicted octanol–water partition coefficient (Wildman–Crippen LogP) is -1.08. The third kappa shape index (κ3) is 5.34. The van der Waals surface area contributed by atoms with Crippen molar-refractivity contribution >= 4 is 11.9 Å². The Morgan fingerprint density at radius 1 is 1.40 bits per heavy atom. The van der Waals surface area contributed by atoms with Crippen LogP contribution in [0.2, 0.25) is 0 Å². The molecule has 0 saturated carbocycles. The zero-order valence-electron chi connectivity index (χ0n) is 8.77. The summed E-state index contributed by atoms with van der Waals surface area (Å²) in [7, 11) is 0. The molecule has 1 amide bonds. The van der Waals surface area contributed by atoms with E-state index in [0.717, 1.165) is 0 Å². The van der Waals surface area contributed by atoms with E-state index in [2.05, 4.69) is 5.32 Å². The van der Waals surface area contributed by atoms with Crippen molar-refractivity contribution in [3.05, 3.63) is 0 Å². The lowest BCUT2D eigenvalue weighted by atomic mass is 10.1. The highest BCUT2D eigenvalue weighted by Crippen LogP contribution is 2.02. The number of carbonyl (C=O) groups is 2. The fourth-order valence-electron chi connectivity index (χ4n) is 1.08. The van der Waals surface area contributed by atoms with Crippen molar-refractivity contribution in [3.8, 4) is 0 Å². The smallest absolute Gasteiger partial charge is 0.326 e. The highest BCUT2D eigenvalue weighted by molar-refractivity contribution is 5.84. The number of aliphatic hydroxyl groups is 1. The van der Waals surface area contributed by atoms with Crippen LogP contribution < -0.4 is 11.1 Å². The average molecular weight is 218 g/mol. The van der Waals surface area contributed by atoms with Gasteiger partial charge in [0.05, 0.1) is 0 Å². The Morgan fingerprint density at radius 2 is 2.00 bits per heavy atom. The molecule has 0 aliphatic heterocycles. The van der Waals surface area contributed by atoms with Gasteiger partial charge in [-0.15, -0.1) is 0 Å². The molecule has 2 unspecified atom stereocenters. The molecule has 5 N–H and O–H groups in total. The van der Waals surface area contributed by atoms with E-state index in [1.165, 1.54) is 0 Å². The van der Waals surface area contributed by atoms with Gasteiger partial charge in [-0.25, -0.2) is 4.79 Å². The zero-order valence-corrected chi connectivity index (χ0v) is 8.77. The van der Waals surface area contributed by atoms with Crippen LogP contribution in [0.1, 0.15) is 19.8 Å². The predicted molar refractivity (Wildman–Crippen MR) is 54.1 cm³/mol. The standard InChI is InChI=1S/C9H18N2O4/c1-6(2-4-10)8(13)11-7(3-5-12)9(14)15/h6-7,12H,2-5,10H2,1H3,(H,11,13)(H,14,15). The zero-order chi connectivity index (χ0) is 11.8. The monoisotopic (exact) mass is 218 g/mol. The van der Waals surface area contributed by atoms with E-state index in [4.69, 9.17) is 15.9 Å². The first kappa shape index (κ1) is 13.9. The Hall–Kier alpha value is -1.14. The maximum absolute atomic E-state index is 11.4. The van der Waals surface area contributed by atoms with E-state index in [1.54, 1.807) is 6.92 Å². The number of aliphatic hydroxyl groups excluding tert-OH is 1. The van der Waals surface area contributed by atoms with Gasteiger partial charge in [0, 0.05) is 18.9 Å². The van der Waals surface area contributed by atoms with Gasteiger partial charge in [-0.05, 0) is 13.0 Å². The van der Waals surface area contributed by atoms with Crippen LogP contribution in [0.4, 0.5) is 0 Å². The highest BCUT2D eigenvalue weighted by Gasteiger charge is 2.21.